The summed E-state index contributed by atoms with van der Waals surface area (Å²) in [6.07, 6.45) is 4.92. The van der Waals surface area contributed by atoms with Crippen molar-refractivity contribution in [1.29, 1.82) is 0 Å². The van der Waals surface area contributed by atoms with Crippen molar-refractivity contribution < 1.29 is 27.5 Å². The van der Waals surface area contributed by atoms with Crippen LogP contribution in [0.25, 0.3) is 6.08 Å². The summed E-state index contributed by atoms with van der Waals surface area (Å²) >= 11 is 0. The molecule has 1 saturated heterocycles. The first-order chi connectivity index (χ1) is 13.0. The minimum atomic E-state index is -3.54. The Bertz CT molecular complexity index is 809. The number of ketones is 1. The molecule has 7 nitrogen and oxygen atoms in total. The van der Waals surface area contributed by atoms with Gasteiger partial charge >= 0.3 is 5.97 Å². The van der Waals surface area contributed by atoms with E-state index in [1.807, 2.05) is 0 Å². The largest absolute Gasteiger partial charge is 0.451 e. The van der Waals surface area contributed by atoms with Crippen LogP contribution in [0.1, 0.15) is 31.2 Å². The van der Waals surface area contributed by atoms with Crippen LogP contribution in [-0.4, -0.2) is 56.9 Å². The lowest BCUT2D eigenvalue weighted by atomic mass is 9.96. The van der Waals surface area contributed by atoms with Crippen molar-refractivity contribution in [3.8, 4) is 0 Å². The predicted octanol–water partition coefficient (Wildman–Crippen LogP) is 1.78. The molecule has 1 unspecified atom stereocenters. The van der Waals surface area contributed by atoms with E-state index in [9.17, 15) is 18.0 Å². The van der Waals surface area contributed by atoms with Crippen molar-refractivity contribution in [2.45, 2.75) is 36.7 Å². The maximum atomic E-state index is 12.6. The van der Waals surface area contributed by atoms with Crippen molar-refractivity contribution >= 4 is 27.9 Å². The highest BCUT2D eigenvalue weighted by Gasteiger charge is 2.26. The SMILES string of the molecule is O=C(C=Cc1ccc(S(=O)(=O)N2CCOCC2)cc1)OC1CCCCC1=O. The lowest BCUT2D eigenvalue weighted by molar-refractivity contribution is -0.152. The molecular weight excluding hydrogens is 370 g/mol. The molecule has 1 atom stereocenters. The number of hydrogen-bond acceptors (Lipinski definition) is 6. The Morgan fingerprint density at radius 1 is 1.15 bits per heavy atom. The highest BCUT2D eigenvalue weighted by Crippen LogP contribution is 2.19. The lowest BCUT2D eigenvalue weighted by Crippen LogP contribution is -2.40. The number of carbonyl (C=O) groups is 2. The number of rotatable bonds is 5. The lowest BCUT2D eigenvalue weighted by Gasteiger charge is -2.26. The fraction of sp³-hybridized carbons (Fsp3) is 0.474. The molecule has 1 aromatic carbocycles. The molecule has 1 aliphatic carbocycles. The van der Waals surface area contributed by atoms with Gasteiger partial charge in [-0.1, -0.05) is 12.1 Å². The van der Waals surface area contributed by atoms with Crippen LogP contribution >= 0.6 is 0 Å². The molecule has 0 aromatic heterocycles. The second-order valence-electron chi connectivity index (χ2n) is 6.56. The second-order valence-corrected chi connectivity index (χ2v) is 8.49. The monoisotopic (exact) mass is 393 g/mol. The van der Waals surface area contributed by atoms with E-state index in [0.29, 0.717) is 44.7 Å². The van der Waals surface area contributed by atoms with Crippen molar-refractivity contribution in [3.05, 3.63) is 35.9 Å². The average molecular weight is 393 g/mol. The third kappa shape index (κ3) is 5.03. The van der Waals surface area contributed by atoms with Gasteiger partial charge in [0, 0.05) is 25.6 Å². The summed E-state index contributed by atoms with van der Waals surface area (Å²) in [7, 11) is -3.54. The molecule has 1 aliphatic heterocycles. The molecule has 146 valence electrons. The Morgan fingerprint density at radius 2 is 1.85 bits per heavy atom. The van der Waals surface area contributed by atoms with Gasteiger partial charge in [-0.3, -0.25) is 4.79 Å². The summed E-state index contributed by atoms with van der Waals surface area (Å²) in [5.74, 6) is -0.596. The van der Waals surface area contributed by atoms with Gasteiger partial charge in [0.2, 0.25) is 10.0 Å². The second kappa shape index (κ2) is 8.77. The zero-order valence-electron chi connectivity index (χ0n) is 15.0. The number of sulfonamides is 1. The van der Waals surface area contributed by atoms with Gasteiger partial charge in [0.15, 0.2) is 11.9 Å². The first-order valence-corrected chi connectivity index (χ1v) is 10.5. The fourth-order valence-electron chi connectivity index (χ4n) is 3.11. The number of morpholine rings is 1. The molecule has 27 heavy (non-hydrogen) atoms. The van der Waals surface area contributed by atoms with Gasteiger partial charge in [-0.25, -0.2) is 13.2 Å². The third-order valence-electron chi connectivity index (χ3n) is 4.66. The van der Waals surface area contributed by atoms with Crippen molar-refractivity contribution in [3.63, 3.8) is 0 Å². The summed E-state index contributed by atoms with van der Waals surface area (Å²) < 4.78 is 36.9. The van der Waals surface area contributed by atoms with Gasteiger partial charge in [0.25, 0.3) is 0 Å². The van der Waals surface area contributed by atoms with E-state index in [2.05, 4.69) is 0 Å². The number of nitrogens with zero attached hydrogens (tertiary/aromatic N) is 1. The molecule has 0 bridgehead atoms. The Kier molecular flexibility index (Phi) is 6.41. The van der Waals surface area contributed by atoms with Crippen LogP contribution in [0.3, 0.4) is 0 Å². The normalized spacial score (nSPS) is 22.1. The quantitative estimate of drug-likeness (QED) is 0.559. The molecule has 0 spiro atoms. The first-order valence-electron chi connectivity index (χ1n) is 9.06. The van der Waals surface area contributed by atoms with Gasteiger partial charge in [-0.05, 0) is 43.0 Å². The van der Waals surface area contributed by atoms with Gasteiger partial charge in [-0.15, -0.1) is 0 Å². The summed E-state index contributed by atoms with van der Waals surface area (Å²) in [4.78, 5) is 23.8. The van der Waals surface area contributed by atoms with Gasteiger partial charge < -0.3 is 9.47 Å². The molecule has 2 aliphatic rings. The number of benzene rings is 1. The standard InChI is InChI=1S/C19H23NO6S/c21-17-3-1-2-4-18(17)26-19(22)10-7-15-5-8-16(9-6-15)27(23,24)20-11-13-25-14-12-20/h5-10,18H,1-4,11-14H2. The van der Waals surface area contributed by atoms with Crippen LogP contribution in [0.2, 0.25) is 0 Å². The van der Waals surface area contributed by atoms with E-state index in [-0.39, 0.29) is 10.7 Å². The topological polar surface area (TPSA) is 90.0 Å². The van der Waals surface area contributed by atoms with Crippen LogP contribution in [0.4, 0.5) is 0 Å². The summed E-state index contributed by atoms with van der Waals surface area (Å²) in [5.41, 5.74) is 0.669. The van der Waals surface area contributed by atoms with Gasteiger partial charge in [-0.2, -0.15) is 4.31 Å². The van der Waals surface area contributed by atoms with Crippen LogP contribution < -0.4 is 0 Å². The Labute approximate surface area is 159 Å². The number of hydrogen-bond donors (Lipinski definition) is 0. The smallest absolute Gasteiger partial charge is 0.331 e. The zero-order chi connectivity index (χ0) is 19.3. The number of carbonyl (C=O) groups excluding carboxylic acids is 2. The minimum absolute atomic E-state index is 0.0272. The Morgan fingerprint density at radius 3 is 2.52 bits per heavy atom. The van der Waals surface area contributed by atoms with E-state index in [0.717, 1.165) is 12.8 Å². The van der Waals surface area contributed by atoms with E-state index in [4.69, 9.17) is 9.47 Å². The van der Waals surface area contributed by atoms with Crippen LogP contribution in [0.15, 0.2) is 35.2 Å². The number of Topliss-reactive ketones (excluding diaryl/α,β-unsaturated/α-hetero) is 1. The Hall–Kier alpha value is -2.03. The molecule has 1 heterocycles. The molecule has 2 fully saturated rings. The highest BCUT2D eigenvalue weighted by atomic mass is 32.2. The predicted molar refractivity (Wildman–Crippen MR) is 98.4 cm³/mol. The third-order valence-corrected chi connectivity index (χ3v) is 6.57. The van der Waals surface area contributed by atoms with Crippen LogP contribution in [-0.2, 0) is 29.1 Å². The molecule has 0 radical (unpaired) electrons. The molecule has 0 N–H and O–H groups in total. The van der Waals surface area contributed by atoms with Crippen LogP contribution in [0.5, 0.6) is 0 Å². The fourth-order valence-corrected chi connectivity index (χ4v) is 4.51. The van der Waals surface area contributed by atoms with Gasteiger partial charge in [0.1, 0.15) is 0 Å². The summed E-state index contributed by atoms with van der Waals surface area (Å²) in [5, 5.41) is 0. The maximum Gasteiger partial charge on any atom is 0.331 e. The first kappa shape index (κ1) is 19.7. The van der Waals surface area contributed by atoms with E-state index in [1.54, 1.807) is 18.2 Å². The van der Waals surface area contributed by atoms with Crippen molar-refractivity contribution in [2.75, 3.05) is 26.3 Å². The molecule has 1 saturated carbocycles. The van der Waals surface area contributed by atoms with E-state index >= 15 is 0 Å². The Balaban J connectivity index is 1.60. The van der Waals surface area contributed by atoms with E-state index in [1.165, 1.54) is 22.5 Å². The van der Waals surface area contributed by atoms with Gasteiger partial charge in [0.05, 0.1) is 18.1 Å². The molecule has 8 heteroatoms. The molecule has 3 rings (SSSR count). The van der Waals surface area contributed by atoms with E-state index < -0.39 is 22.1 Å². The van der Waals surface area contributed by atoms with Crippen molar-refractivity contribution in [1.82, 2.24) is 4.31 Å². The maximum absolute atomic E-state index is 12.6. The summed E-state index contributed by atoms with van der Waals surface area (Å²) in [6.45, 7) is 1.47. The summed E-state index contributed by atoms with van der Waals surface area (Å²) in [6, 6.07) is 6.28. The van der Waals surface area contributed by atoms with Crippen LogP contribution in [0, 0.1) is 0 Å². The molecule has 1 aromatic rings. The molecular formula is C19H23NO6S. The average Bonchev–Trinajstić information content (AvgIpc) is 2.69. The zero-order valence-corrected chi connectivity index (χ0v) is 15.8. The molecule has 0 amide bonds. The van der Waals surface area contributed by atoms with Crippen molar-refractivity contribution in [2.24, 2.45) is 0 Å². The number of ether oxygens (including phenoxy) is 2. The number of esters is 1. The minimum Gasteiger partial charge on any atom is -0.451 e. The highest BCUT2D eigenvalue weighted by molar-refractivity contribution is 7.89.